The van der Waals surface area contributed by atoms with E-state index in [2.05, 4.69) is 31.9 Å². The van der Waals surface area contributed by atoms with E-state index in [9.17, 15) is 0 Å². The second kappa shape index (κ2) is 7.51. The number of hydrogen-bond acceptors (Lipinski definition) is 2. The van der Waals surface area contributed by atoms with Gasteiger partial charge in [-0.2, -0.15) is 0 Å². The minimum absolute atomic E-state index is 0.926. The van der Waals surface area contributed by atoms with E-state index in [1.54, 1.807) is 12.4 Å². The fraction of sp³-hybridized carbons (Fsp3) is 0. The van der Waals surface area contributed by atoms with Crippen molar-refractivity contribution < 1.29 is 19.5 Å². The molecule has 0 aliphatic rings. The van der Waals surface area contributed by atoms with Crippen molar-refractivity contribution in [2.45, 2.75) is 0 Å². The van der Waals surface area contributed by atoms with Crippen LogP contribution in [0.4, 0.5) is 3.61 Å². The van der Waals surface area contributed by atoms with Crippen LogP contribution in [0.15, 0.2) is 67.0 Å². The number of hydrogen-bond donors (Lipinski definition) is 0. The minimum atomic E-state index is 0.926. The summed E-state index contributed by atoms with van der Waals surface area (Å²) in [5, 5.41) is 0. The first-order chi connectivity index (χ1) is 9.93. The van der Waals surface area contributed by atoms with Crippen LogP contribution in [0.25, 0.3) is 22.5 Å². The zero-order chi connectivity index (χ0) is 14.2. The van der Waals surface area contributed by atoms with Crippen molar-refractivity contribution in [2.24, 2.45) is 0 Å². The molecular formula is C16H11FN2Ni-. The quantitative estimate of drug-likeness (QED) is 0.527. The van der Waals surface area contributed by atoms with Crippen molar-refractivity contribution in [2.75, 3.05) is 0 Å². The van der Waals surface area contributed by atoms with Crippen molar-refractivity contribution in [1.29, 1.82) is 0 Å². The zero-order valence-corrected chi connectivity index (χ0v) is 11.4. The number of nitrogens with zero attached hydrogens (tertiary/aromatic N) is 2. The molecule has 103 valence electrons. The molecule has 0 fully saturated rings. The molecule has 0 unspecified atom stereocenters. The Hall–Kier alpha value is -2.06. The zero-order valence-electron chi connectivity index (χ0n) is 10.4. The fourth-order valence-corrected chi connectivity index (χ4v) is 1.81. The Morgan fingerprint density at radius 1 is 0.700 bits per heavy atom. The molecule has 0 aliphatic carbocycles. The molecule has 0 radical (unpaired) electrons. The maximum Gasteiger partial charge on any atom is 0.0183 e. The van der Waals surface area contributed by atoms with Gasteiger partial charge in [-0.15, -0.1) is 24.3 Å². The monoisotopic (exact) mass is 308 g/mol. The van der Waals surface area contributed by atoms with Gasteiger partial charge < -0.3 is 0 Å². The molecule has 3 aromatic rings. The first kappa shape index (κ1) is 14.4. The van der Waals surface area contributed by atoms with E-state index < -0.39 is 0 Å². The van der Waals surface area contributed by atoms with Gasteiger partial charge in [0.15, 0.2) is 0 Å². The Morgan fingerprint density at radius 3 is 1.60 bits per heavy atom. The van der Waals surface area contributed by atoms with E-state index in [0.717, 1.165) is 22.5 Å². The molecule has 0 atom stereocenters. The molecule has 0 saturated heterocycles. The Kier molecular flexibility index (Phi) is 5.39. The first-order valence-corrected chi connectivity index (χ1v) is 6.28. The van der Waals surface area contributed by atoms with E-state index in [1.807, 2.05) is 54.6 Å². The number of rotatable bonds is 2. The van der Waals surface area contributed by atoms with Crippen molar-refractivity contribution in [3.63, 3.8) is 0 Å². The summed E-state index contributed by atoms with van der Waals surface area (Å²) in [5.41, 5.74) is 3.82. The van der Waals surface area contributed by atoms with E-state index in [1.165, 1.54) is 0 Å². The Morgan fingerprint density at radius 2 is 1.20 bits per heavy atom. The summed E-state index contributed by atoms with van der Waals surface area (Å²) in [6, 6.07) is 21.1. The smallest absolute Gasteiger partial charge is 0.0183 e. The van der Waals surface area contributed by atoms with Gasteiger partial charge in [0.05, 0.1) is 0 Å². The van der Waals surface area contributed by atoms with Crippen LogP contribution in [-0.2, 0) is 15.9 Å². The van der Waals surface area contributed by atoms with Crippen LogP contribution in [0.5, 0.6) is 0 Å². The van der Waals surface area contributed by atoms with Crippen LogP contribution in [-0.4, -0.2) is 9.97 Å². The summed E-state index contributed by atoms with van der Waals surface area (Å²) in [4.78, 5) is 8.66. The van der Waals surface area contributed by atoms with E-state index in [4.69, 9.17) is 3.61 Å². The normalized spacial score (nSPS) is 9.55. The summed E-state index contributed by atoms with van der Waals surface area (Å²) in [7, 11) is 0. The molecule has 20 heavy (non-hydrogen) atoms. The maximum atomic E-state index is 9.12. The average Bonchev–Trinajstić information content (AvgIpc) is 2.58. The van der Waals surface area contributed by atoms with Gasteiger partial charge in [0.1, 0.15) is 0 Å². The number of benzene rings is 1. The van der Waals surface area contributed by atoms with Gasteiger partial charge in [-0.25, -0.2) is 0 Å². The summed E-state index contributed by atoms with van der Waals surface area (Å²) < 4.78 is 9.12. The SMILES string of the molecule is [F][Ni].[c-]1c(-c2ccccn2)cccc1-c1ccccn1. The van der Waals surface area contributed by atoms with Crippen molar-refractivity contribution in [3.05, 3.63) is 73.1 Å². The number of pyridine rings is 2. The molecule has 0 amide bonds. The molecule has 2 nitrogen and oxygen atoms in total. The third-order valence-corrected chi connectivity index (χ3v) is 2.68. The van der Waals surface area contributed by atoms with Crippen LogP contribution < -0.4 is 0 Å². The van der Waals surface area contributed by atoms with Gasteiger partial charge in [0.2, 0.25) is 0 Å². The van der Waals surface area contributed by atoms with Crippen LogP contribution in [0, 0.1) is 6.07 Å². The molecule has 2 aromatic heterocycles. The van der Waals surface area contributed by atoms with Crippen LogP contribution in [0.3, 0.4) is 0 Å². The topological polar surface area (TPSA) is 25.8 Å². The predicted molar refractivity (Wildman–Crippen MR) is 72.8 cm³/mol. The maximum absolute atomic E-state index is 9.12. The molecule has 4 heteroatoms. The molecule has 0 bridgehead atoms. The second-order valence-electron chi connectivity index (χ2n) is 3.91. The second-order valence-corrected chi connectivity index (χ2v) is 3.91. The van der Waals surface area contributed by atoms with Gasteiger partial charge in [0.25, 0.3) is 0 Å². The summed E-state index contributed by atoms with van der Waals surface area (Å²) in [6.07, 6.45) is 3.58. The van der Waals surface area contributed by atoms with Crippen LogP contribution in [0.1, 0.15) is 0 Å². The molecule has 3 rings (SSSR count). The third kappa shape index (κ3) is 3.49. The number of halogens is 1. The molecule has 0 aliphatic heterocycles. The van der Waals surface area contributed by atoms with Gasteiger partial charge in [-0.3, -0.25) is 9.97 Å². The van der Waals surface area contributed by atoms with Gasteiger partial charge in [-0.1, -0.05) is 35.4 Å². The average molecular weight is 309 g/mol. The van der Waals surface area contributed by atoms with Crippen LogP contribution >= 0.6 is 0 Å². The summed E-state index contributed by atoms with van der Waals surface area (Å²) in [6.45, 7) is 0. The van der Waals surface area contributed by atoms with E-state index in [0.29, 0.717) is 0 Å². The standard InChI is InChI=1S/C16H11N2.FH.Ni/c1-3-10-17-15(8-1)13-6-5-7-14(12-13)16-9-2-4-11-18-16;;/h1-11H;1H;/q-1;;+1/p-1. The van der Waals surface area contributed by atoms with E-state index >= 15 is 0 Å². The number of aromatic nitrogens is 2. The molecule has 2 heterocycles. The Bertz CT molecular complexity index is 590. The molecule has 1 aromatic carbocycles. The Balaban J connectivity index is 0.000000704. The van der Waals surface area contributed by atoms with Crippen molar-refractivity contribution in [1.82, 2.24) is 9.97 Å². The van der Waals surface area contributed by atoms with Gasteiger partial charge in [-0.05, 0) is 12.1 Å². The largest absolute Gasteiger partial charge is 0.295 e. The summed E-state index contributed by atoms with van der Waals surface area (Å²) in [5.74, 6) is 0. The van der Waals surface area contributed by atoms with Gasteiger partial charge in [0, 0.05) is 23.8 Å². The predicted octanol–water partition coefficient (Wildman–Crippen LogP) is 4.03. The third-order valence-electron chi connectivity index (χ3n) is 2.68. The van der Waals surface area contributed by atoms with Crippen LogP contribution in [0.2, 0.25) is 0 Å². The molecular weight excluding hydrogens is 298 g/mol. The molecule has 0 saturated carbocycles. The fourth-order valence-electron chi connectivity index (χ4n) is 1.81. The Labute approximate surface area is 125 Å². The summed E-state index contributed by atoms with van der Waals surface area (Å²) >= 11 is 2.38. The molecule has 0 spiro atoms. The van der Waals surface area contributed by atoms with Gasteiger partial charge >= 0.3 is 19.5 Å². The first-order valence-electron chi connectivity index (χ1n) is 5.90. The minimum Gasteiger partial charge on any atom is -0.295 e. The van der Waals surface area contributed by atoms with E-state index in [-0.39, 0.29) is 0 Å². The molecule has 0 N–H and O–H groups in total. The van der Waals surface area contributed by atoms with Crippen molar-refractivity contribution >= 4 is 0 Å². The van der Waals surface area contributed by atoms with Crippen molar-refractivity contribution in [3.8, 4) is 22.5 Å².